The molecule has 0 spiro atoms. The van der Waals surface area contributed by atoms with E-state index < -0.39 is 0 Å². The monoisotopic (exact) mass is 493 g/mol. The lowest BCUT2D eigenvalue weighted by atomic mass is 10.0. The number of methoxy groups -OCH3 is 1. The van der Waals surface area contributed by atoms with Crippen LogP contribution < -0.4 is 4.90 Å². The molecule has 0 bridgehead atoms. The average Bonchev–Trinajstić information content (AvgIpc) is 2.89. The predicted octanol–water partition coefficient (Wildman–Crippen LogP) is 9.00. The molecule has 4 nitrogen and oxygen atoms in total. The molecule has 1 fully saturated rings. The molecule has 1 aliphatic rings. The Labute approximate surface area is 221 Å². The summed E-state index contributed by atoms with van der Waals surface area (Å²) in [5, 5.41) is 0. The van der Waals surface area contributed by atoms with Crippen LogP contribution in [0.4, 0.5) is 5.82 Å². The Hall–Kier alpha value is -2.46. The van der Waals surface area contributed by atoms with Gasteiger partial charge >= 0.3 is 0 Å². The van der Waals surface area contributed by atoms with Crippen LogP contribution in [0.5, 0.6) is 0 Å². The van der Waals surface area contributed by atoms with Crippen LogP contribution in [0.2, 0.25) is 0 Å². The van der Waals surface area contributed by atoms with E-state index in [0.29, 0.717) is 5.92 Å². The molecular formula is C32H51N3O. The molecule has 2 aromatic heterocycles. The first kappa shape index (κ1) is 31.6. The van der Waals surface area contributed by atoms with E-state index in [-0.39, 0.29) is 0 Å². The van der Waals surface area contributed by atoms with E-state index in [9.17, 15) is 0 Å². The number of hydrogen-bond donors (Lipinski definition) is 0. The third-order valence-corrected chi connectivity index (χ3v) is 5.89. The van der Waals surface area contributed by atoms with Crippen molar-refractivity contribution in [2.75, 3.05) is 31.7 Å². The summed E-state index contributed by atoms with van der Waals surface area (Å²) in [6.45, 7) is 21.9. The molecule has 36 heavy (non-hydrogen) atoms. The van der Waals surface area contributed by atoms with Gasteiger partial charge in [0.05, 0.1) is 11.4 Å². The maximum atomic E-state index is 5.08. The third kappa shape index (κ3) is 10.3. The van der Waals surface area contributed by atoms with Crippen molar-refractivity contribution in [2.45, 2.75) is 92.9 Å². The predicted molar refractivity (Wildman–Crippen MR) is 159 cm³/mol. The molecule has 0 aliphatic carbocycles. The Morgan fingerprint density at radius 2 is 1.72 bits per heavy atom. The van der Waals surface area contributed by atoms with Crippen LogP contribution in [-0.4, -0.2) is 36.8 Å². The Bertz CT molecular complexity index is 925. The highest BCUT2D eigenvalue weighted by Crippen LogP contribution is 2.33. The van der Waals surface area contributed by atoms with E-state index in [4.69, 9.17) is 14.7 Å². The maximum absolute atomic E-state index is 5.08. The van der Waals surface area contributed by atoms with Gasteiger partial charge in [0.2, 0.25) is 0 Å². The average molecular weight is 494 g/mol. The van der Waals surface area contributed by atoms with Gasteiger partial charge in [-0.25, -0.2) is 9.97 Å². The number of aryl methyl sites for hydroxylation is 1. The fourth-order valence-corrected chi connectivity index (χ4v) is 3.97. The van der Waals surface area contributed by atoms with Crippen molar-refractivity contribution in [3.8, 4) is 11.3 Å². The number of allylic oxidation sites excluding steroid dienone is 3. The normalized spacial score (nSPS) is 13.5. The van der Waals surface area contributed by atoms with Gasteiger partial charge in [0.15, 0.2) is 0 Å². The summed E-state index contributed by atoms with van der Waals surface area (Å²) in [5.74, 6) is 1.52. The molecule has 0 amide bonds. The summed E-state index contributed by atoms with van der Waals surface area (Å²) in [6, 6.07) is 8.70. The molecule has 0 radical (unpaired) electrons. The lowest BCUT2D eigenvalue weighted by molar-refractivity contribution is 0.199. The van der Waals surface area contributed by atoms with Gasteiger partial charge in [0, 0.05) is 38.1 Å². The first-order chi connectivity index (χ1) is 17.3. The highest BCUT2D eigenvalue weighted by Gasteiger charge is 2.19. The molecule has 0 saturated carbocycles. The fraction of sp³-hybridized carbons (Fsp3) is 0.562. The molecule has 1 aliphatic heterocycles. The fourth-order valence-electron chi connectivity index (χ4n) is 3.97. The number of aromatic nitrogens is 2. The number of nitrogens with zero attached hydrogens (tertiary/aromatic N) is 3. The molecule has 0 N–H and O–H groups in total. The van der Waals surface area contributed by atoms with Gasteiger partial charge in [0.1, 0.15) is 5.82 Å². The largest absolute Gasteiger partial charge is 0.385 e. The van der Waals surface area contributed by atoms with Crippen molar-refractivity contribution >= 4 is 11.4 Å². The van der Waals surface area contributed by atoms with Crippen molar-refractivity contribution in [3.05, 3.63) is 59.9 Å². The molecule has 1 saturated heterocycles. The van der Waals surface area contributed by atoms with Crippen molar-refractivity contribution < 1.29 is 4.74 Å². The van der Waals surface area contributed by atoms with E-state index in [1.54, 1.807) is 7.11 Å². The molecule has 0 aromatic carbocycles. The Kier molecular flexibility index (Phi) is 15.7. The molecular weight excluding hydrogens is 442 g/mol. The SMILES string of the molecule is C=CC/C=C(/C)c1nc(-c2ccc(C(C)C)nc2N2CCCCC2)ccc1C.CCC.CCCOC. The van der Waals surface area contributed by atoms with Gasteiger partial charge in [0.25, 0.3) is 0 Å². The summed E-state index contributed by atoms with van der Waals surface area (Å²) < 4.78 is 4.69. The highest BCUT2D eigenvalue weighted by atomic mass is 16.5. The van der Waals surface area contributed by atoms with Crippen LogP contribution in [0.15, 0.2) is 43.0 Å². The summed E-state index contributed by atoms with van der Waals surface area (Å²) in [6.07, 6.45) is 11.1. The number of rotatable bonds is 8. The molecule has 3 rings (SSSR count). The molecule has 3 heterocycles. The van der Waals surface area contributed by atoms with Crippen molar-refractivity contribution in [3.63, 3.8) is 0 Å². The van der Waals surface area contributed by atoms with Crippen LogP contribution in [0.25, 0.3) is 16.8 Å². The quantitative estimate of drug-likeness (QED) is 0.344. The van der Waals surface area contributed by atoms with Crippen LogP contribution in [0.1, 0.15) is 103 Å². The van der Waals surface area contributed by atoms with Crippen LogP contribution in [-0.2, 0) is 4.74 Å². The first-order valence-electron chi connectivity index (χ1n) is 13.8. The molecule has 4 heteroatoms. The molecule has 0 atom stereocenters. The van der Waals surface area contributed by atoms with E-state index in [1.165, 1.54) is 36.8 Å². The zero-order valence-electron chi connectivity index (χ0n) is 24.4. The smallest absolute Gasteiger partial charge is 0.138 e. The van der Waals surface area contributed by atoms with Gasteiger partial charge in [-0.15, -0.1) is 6.58 Å². The summed E-state index contributed by atoms with van der Waals surface area (Å²) in [4.78, 5) is 12.6. The van der Waals surface area contributed by atoms with Gasteiger partial charge in [-0.3, -0.25) is 0 Å². The molecule has 0 unspecified atom stereocenters. The molecule has 200 valence electrons. The maximum Gasteiger partial charge on any atom is 0.138 e. The van der Waals surface area contributed by atoms with Gasteiger partial charge < -0.3 is 9.64 Å². The lowest BCUT2D eigenvalue weighted by Gasteiger charge is -2.30. The van der Waals surface area contributed by atoms with Crippen molar-refractivity contribution in [1.82, 2.24) is 9.97 Å². The Morgan fingerprint density at radius 3 is 2.25 bits per heavy atom. The third-order valence-electron chi connectivity index (χ3n) is 5.89. The second-order valence-electron chi connectivity index (χ2n) is 9.78. The second kappa shape index (κ2) is 17.9. The topological polar surface area (TPSA) is 38.2 Å². The zero-order valence-corrected chi connectivity index (χ0v) is 24.4. The standard InChI is InChI=1S/C25H33N3.C4H10O.C3H8/c1-6-7-11-19(4)24-20(5)12-14-23(26-24)21-13-15-22(18(2)3)27-25(21)28-16-9-8-10-17-28;1-3-4-5-2;1-3-2/h6,11-15,18H,1,7-10,16-17H2,2-5H3;3-4H2,1-2H3;3H2,1-2H3/b19-11-;;. The van der Waals surface area contributed by atoms with Crippen LogP contribution in [0.3, 0.4) is 0 Å². The van der Waals surface area contributed by atoms with E-state index >= 15 is 0 Å². The second-order valence-corrected chi connectivity index (χ2v) is 9.78. The minimum atomic E-state index is 0.420. The van der Waals surface area contributed by atoms with E-state index in [0.717, 1.165) is 61.0 Å². The number of hydrogen-bond acceptors (Lipinski definition) is 4. The summed E-state index contributed by atoms with van der Waals surface area (Å²) in [5.41, 5.74) is 6.77. The minimum absolute atomic E-state index is 0.420. The number of pyridine rings is 2. The number of anilines is 1. The summed E-state index contributed by atoms with van der Waals surface area (Å²) >= 11 is 0. The number of piperidine rings is 1. The highest BCUT2D eigenvalue weighted by molar-refractivity contribution is 5.76. The van der Waals surface area contributed by atoms with Crippen LogP contribution in [0, 0.1) is 6.92 Å². The van der Waals surface area contributed by atoms with Crippen molar-refractivity contribution in [1.29, 1.82) is 0 Å². The first-order valence-corrected chi connectivity index (χ1v) is 13.8. The zero-order chi connectivity index (χ0) is 26.9. The lowest BCUT2D eigenvalue weighted by Crippen LogP contribution is -2.31. The van der Waals surface area contributed by atoms with Crippen LogP contribution >= 0.6 is 0 Å². The number of ether oxygens (including phenoxy) is 1. The van der Waals surface area contributed by atoms with Crippen molar-refractivity contribution in [2.24, 2.45) is 0 Å². The van der Waals surface area contributed by atoms with E-state index in [1.807, 2.05) is 6.08 Å². The minimum Gasteiger partial charge on any atom is -0.385 e. The van der Waals surface area contributed by atoms with Gasteiger partial charge in [-0.2, -0.15) is 0 Å². The summed E-state index contributed by atoms with van der Waals surface area (Å²) in [7, 11) is 1.71. The molecule has 2 aromatic rings. The Balaban J connectivity index is 0.000000709. The van der Waals surface area contributed by atoms with Gasteiger partial charge in [-0.1, -0.05) is 59.3 Å². The van der Waals surface area contributed by atoms with Gasteiger partial charge in [-0.05, 0) is 81.2 Å². The Morgan fingerprint density at radius 1 is 1.06 bits per heavy atom. The van der Waals surface area contributed by atoms with E-state index in [2.05, 4.69) is 90.3 Å².